The van der Waals surface area contributed by atoms with Crippen molar-refractivity contribution in [1.82, 2.24) is 5.32 Å². The molecule has 2 atom stereocenters. The molecule has 83 heavy (non-hydrogen) atoms. The smallest absolute Gasteiger partial charge is 0.305 e. The maximum absolute atomic E-state index is 12.6. The number of ether oxygens (including phenoxy) is 1. The van der Waals surface area contributed by atoms with Crippen LogP contribution in [0, 0.1) is 0 Å². The van der Waals surface area contributed by atoms with Crippen LogP contribution in [0.25, 0.3) is 0 Å². The summed E-state index contributed by atoms with van der Waals surface area (Å²) in [5.74, 6) is -0.00360. The van der Waals surface area contributed by atoms with Gasteiger partial charge in [0, 0.05) is 12.8 Å². The zero-order chi connectivity index (χ0) is 59.9. The summed E-state index contributed by atoms with van der Waals surface area (Å²) in [6.07, 6.45) is 90.4. The lowest BCUT2D eigenvalue weighted by Crippen LogP contribution is -2.45. The van der Waals surface area contributed by atoms with E-state index in [9.17, 15) is 19.8 Å². The molecule has 0 heterocycles. The van der Waals surface area contributed by atoms with E-state index < -0.39 is 12.1 Å². The first-order valence-corrected chi connectivity index (χ1v) is 38.8. The van der Waals surface area contributed by atoms with Crippen molar-refractivity contribution in [2.24, 2.45) is 0 Å². The lowest BCUT2D eigenvalue weighted by atomic mass is 10.0. The second-order valence-corrected chi connectivity index (χ2v) is 27.1. The number of aliphatic hydroxyl groups is 2. The van der Waals surface area contributed by atoms with Gasteiger partial charge in [-0.05, 0) is 25.7 Å². The topological polar surface area (TPSA) is 95.9 Å². The molecule has 0 fully saturated rings. The normalized spacial score (nSPS) is 12.4. The monoisotopic (exact) mass is 1170 g/mol. The van der Waals surface area contributed by atoms with Crippen LogP contribution in [0.3, 0.4) is 0 Å². The zero-order valence-corrected chi connectivity index (χ0v) is 57.0. The molecule has 0 aromatic rings. The number of hydrogen-bond donors (Lipinski definition) is 3. The third-order valence-corrected chi connectivity index (χ3v) is 18.7. The third-order valence-electron chi connectivity index (χ3n) is 18.7. The number of rotatable bonds is 74. The highest BCUT2D eigenvalue weighted by Crippen LogP contribution is 2.20. The molecule has 0 spiro atoms. The van der Waals surface area contributed by atoms with Gasteiger partial charge in [-0.2, -0.15) is 0 Å². The van der Waals surface area contributed by atoms with Crippen molar-refractivity contribution in [1.29, 1.82) is 0 Å². The Kier molecular flexibility index (Phi) is 72.3. The first-order valence-electron chi connectivity index (χ1n) is 38.8. The van der Waals surface area contributed by atoms with Gasteiger partial charge in [0.2, 0.25) is 5.91 Å². The zero-order valence-electron chi connectivity index (χ0n) is 57.0. The lowest BCUT2D eigenvalue weighted by Gasteiger charge is -2.22. The molecular weight excluding hydrogens is 1020 g/mol. The van der Waals surface area contributed by atoms with Crippen LogP contribution in [0.15, 0.2) is 0 Å². The Balaban J connectivity index is 3.34. The number of carbonyl (C=O) groups is 2. The molecule has 6 nitrogen and oxygen atoms in total. The summed E-state index contributed by atoms with van der Waals surface area (Å²) in [6, 6.07) is -0.540. The van der Waals surface area contributed by atoms with Gasteiger partial charge in [-0.3, -0.25) is 9.59 Å². The van der Waals surface area contributed by atoms with E-state index in [1.807, 2.05) is 0 Å². The van der Waals surface area contributed by atoms with E-state index in [4.69, 9.17) is 4.74 Å². The molecule has 0 aliphatic rings. The molecular formula is C77H153NO5. The van der Waals surface area contributed by atoms with Crippen molar-refractivity contribution < 1.29 is 24.5 Å². The first kappa shape index (κ1) is 81.9. The summed E-state index contributed by atoms with van der Waals surface area (Å²) < 4.78 is 5.50. The van der Waals surface area contributed by atoms with Crippen molar-refractivity contribution in [2.75, 3.05) is 13.2 Å². The number of amides is 1. The van der Waals surface area contributed by atoms with E-state index >= 15 is 0 Å². The van der Waals surface area contributed by atoms with E-state index in [1.165, 1.54) is 385 Å². The fourth-order valence-electron chi connectivity index (χ4n) is 12.8. The summed E-state index contributed by atoms with van der Waals surface area (Å²) in [6.45, 7) is 5.02. The Morgan fingerprint density at radius 3 is 0.735 bits per heavy atom. The predicted molar refractivity (Wildman–Crippen MR) is 366 cm³/mol. The number of esters is 1. The summed E-state index contributed by atoms with van der Waals surface area (Å²) in [7, 11) is 0. The van der Waals surface area contributed by atoms with Crippen LogP contribution >= 0.6 is 0 Å². The van der Waals surface area contributed by atoms with Gasteiger partial charge in [0.1, 0.15) is 0 Å². The fraction of sp³-hybridized carbons (Fsp3) is 0.974. The van der Waals surface area contributed by atoms with Gasteiger partial charge in [0.05, 0.1) is 25.4 Å². The average molecular weight is 1170 g/mol. The molecule has 496 valence electrons. The average Bonchev–Trinajstić information content (AvgIpc) is 3.48. The predicted octanol–water partition coefficient (Wildman–Crippen LogP) is 25.3. The Morgan fingerprint density at radius 2 is 0.494 bits per heavy atom. The highest BCUT2D eigenvalue weighted by atomic mass is 16.5. The lowest BCUT2D eigenvalue weighted by molar-refractivity contribution is -0.143. The van der Waals surface area contributed by atoms with Gasteiger partial charge < -0.3 is 20.3 Å². The molecule has 0 radical (unpaired) electrons. The molecule has 0 aromatic carbocycles. The molecule has 0 saturated heterocycles. The van der Waals surface area contributed by atoms with Crippen LogP contribution in [-0.2, 0) is 14.3 Å². The minimum atomic E-state index is -0.663. The van der Waals surface area contributed by atoms with Gasteiger partial charge in [-0.25, -0.2) is 0 Å². The molecule has 0 bridgehead atoms. The highest BCUT2D eigenvalue weighted by molar-refractivity contribution is 5.76. The van der Waals surface area contributed by atoms with Gasteiger partial charge in [-0.15, -0.1) is 0 Å². The minimum absolute atomic E-state index is 0.0220. The number of hydrogen-bond acceptors (Lipinski definition) is 5. The van der Waals surface area contributed by atoms with Crippen molar-refractivity contribution in [2.45, 2.75) is 469 Å². The van der Waals surface area contributed by atoms with Crippen LogP contribution in [0.1, 0.15) is 457 Å². The van der Waals surface area contributed by atoms with Crippen molar-refractivity contribution >= 4 is 11.9 Å². The number of aliphatic hydroxyl groups excluding tert-OH is 2. The maximum atomic E-state index is 12.6. The number of carbonyl (C=O) groups excluding carboxylic acids is 2. The van der Waals surface area contributed by atoms with E-state index in [1.54, 1.807) is 0 Å². The quantitative estimate of drug-likeness (QED) is 0.0417. The second kappa shape index (κ2) is 73.3. The van der Waals surface area contributed by atoms with Crippen LogP contribution in [0.2, 0.25) is 0 Å². The van der Waals surface area contributed by atoms with E-state index in [0.717, 1.165) is 38.5 Å². The number of nitrogens with one attached hydrogen (secondary N) is 1. The summed E-state index contributed by atoms with van der Waals surface area (Å²) >= 11 is 0. The summed E-state index contributed by atoms with van der Waals surface area (Å²) in [5, 5.41) is 23.5. The van der Waals surface area contributed by atoms with E-state index in [2.05, 4.69) is 19.2 Å². The Labute approximate surface area is 521 Å². The first-order chi connectivity index (χ1) is 41.0. The Hall–Kier alpha value is -1.14. The third kappa shape index (κ3) is 69.8. The van der Waals surface area contributed by atoms with Crippen LogP contribution in [0.5, 0.6) is 0 Å². The molecule has 2 unspecified atom stereocenters. The van der Waals surface area contributed by atoms with Crippen molar-refractivity contribution in [3.8, 4) is 0 Å². The van der Waals surface area contributed by atoms with E-state index in [-0.39, 0.29) is 18.5 Å². The molecule has 0 aliphatic heterocycles. The van der Waals surface area contributed by atoms with Gasteiger partial charge in [0.25, 0.3) is 0 Å². The maximum Gasteiger partial charge on any atom is 0.305 e. The highest BCUT2D eigenvalue weighted by Gasteiger charge is 2.20. The van der Waals surface area contributed by atoms with Crippen LogP contribution in [0.4, 0.5) is 0 Å². The second-order valence-electron chi connectivity index (χ2n) is 27.1. The number of unbranched alkanes of at least 4 members (excludes halogenated alkanes) is 63. The molecule has 0 aromatic heterocycles. The van der Waals surface area contributed by atoms with Crippen molar-refractivity contribution in [3.63, 3.8) is 0 Å². The van der Waals surface area contributed by atoms with Gasteiger partial charge in [0.15, 0.2) is 0 Å². The molecule has 3 N–H and O–H groups in total. The van der Waals surface area contributed by atoms with Crippen LogP contribution < -0.4 is 5.32 Å². The van der Waals surface area contributed by atoms with Gasteiger partial charge >= 0.3 is 5.97 Å². The molecule has 0 rings (SSSR count). The summed E-state index contributed by atoms with van der Waals surface area (Å²) in [4.78, 5) is 24.7. The Bertz CT molecular complexity index is 1210. The minimum Gasteiger partial charge on any atom is -0.466 e. The fourth-order valence-corrected chi connectivity index (χ4v) is 12.8. The molecule has 0 saturated carbocycles. The van der Waals surface area contributed by atoms with Gasteiger partial charge in [-0.1, -0.05) is 418 Å². The summed E-state index contributed by atoms with van der Waals surface area (Å²) in [5.41, 5.74) is 0. The molecule has 1 amide bonds. The van der Waals surface area contributed by atoms with Crippen LogP contribution in [-0.4, -0.2) is 47.4 Å². The standard InChI is InChI=1S/C77H153NO5/c1-3-5-7-9-11-13-15-17-19-20-21-22-23-27-30-33-36-39-42-45-49-53-57-61-65-69-75(80)74(73-79)78-76(81)70-66-62-58-54-50-46-43-40-37-34-31-28-25-24-26-29-32-35-38-41-44-48-52-56-60-64-68-72-83-77(82)71-67-63-59-55-51-47-18-16-14-12-10-8-6-4-2/h74-75,79-80H,3-73H2,1-2H3,(H,78,81). The molecule has 6 heteroatoms. The Morgan fingerprint density at radius 1 is 0.289 bits per heavy atom. The SMILES string of the molecule is CCCCCCCCCCCCCCCCCCCCCCCCCCCC(O)C(CO)NC(=O)CCCCCCCCCCCCCCCCCCCCCCCCCCCCCOC(=O)CCCCCCCCCCCCCCCC. The van der Waals surface area contributed by atoms with E-state index in [0.29, 0.717) is 25.9 Å². The molecule has 0 aliphatic carbocycles. The largest absolute Gasteiger partial charge is 0.466 e. The van der Waals surface area contributed by atoms with Crippen molar-refractivity contribution in [3.05, 3.63) is 0 Å².